The van der Waals surface area contributed by atoms with Crippen LogP contribution in [0.15, 0.2) is 24.4 Å². The maximum Gasteiger partial charge on any atom is 0.490 e. The van der Waals surface area contributed by atoms with E-state index < -0.39 is 47.8 Å². The molecule has 0 bridgehead atoms. The van der Waals surface area contributed by atoms with E-state index in [-0.39, 0.29) is 43.5 Å². The highest BCUT2D eigenvalue weighted by molar-refractivity contribution is 6.25. The van der Waals surface area contributed by atoms with Crippen LogP contribution in [0.25, 0.3) is 0 Å². The van der Waals surface area contributed by atoms with Crippen molar-refractivity contribution in [1.29, 1.82) is 0 Å². The molecule has 0 spiro atoms. The van der Waals surface area contributed by atoms with Gasteiger partial charge in [-0.05, 0) is 18.6 Å². The molecule has 1 fully saturated rings. The van der Waals surface area contributed by atoms with Crippen LogP contribution in [0.4, 0.5) is 18.9 Å². The summed E-state index contributed by atoms with van der Waals surface area (Å²) in [4.78, 5) is 70.3. The zero-order valence-corrected chi connectivity index (χ0v) is 30.1. The maximum atomic E-state index is 13.2. The quantitative estimate of drug-likeness (QED) is 0.0787. The highest BCUT2D eigenvalue weighted by atomic mass is 19.4. The first-order valence-electron chi connectivity index (χ1n) is 17.3. The lowest BCUT2D eigenvalue weighted by atomic mass is 10.0. The lowest BCUT2D eigenvalue weighted by Gasteiger charge is -2.27. The highest BCUT2D eigenvalue weighted by Crippen LogP contribution is 2.32. The number of fused-ring (bicyclic) bond motifs is 1. The van der Waals surface area contributed by atoms with Gasteiger partial charge in [0.05, 0.1) is 116 Å². The van der Waals surface area contributed by atoms with E-state index in [1.165, 1.54) is 6.07 Å². The third-order valence-electron chi connectivity index (χ3n) is 7.54. The summed E-state index contributed by atoms with van der Waals surface area (Å²) < 4.78 is 65.7. The van der Waals surface area contributed by atoms with E-state index in [9.17, 15) is 37.1 Å². The molecule has 1 aromatic carbocycles. The first-order chi connectivity index (χ1) is 26.8. The summed E-state index contributed by atoms with van der Waals surface area (Å²) in [6, 6.07) is 3.83. The zero-order valence-electron chi connectivity index (χ0n) is 30.1. The Morgan fingerprint density at radius 3 is 1.88 bits per heavy atom. The minimum absolute atomic E-state index is 0.0217. The van der Waals surface area contributed by atoms with Gasteiger partial charge < -0.3 is 44.0 Å². The number of amides is 4. The summed E-state index contributed by atoms with van der Waals surface area (Å²) in [5.41, 5.74) is 1.40. The number of nitrogens with one attached hydrogen (secondary N) is 2. The minimum atomic E-state index is -5.08. The predicted molar refractivity (Wildman–Crippen MR) is 181 cm³/mol. The number of carbonyl (C=O) groups is 6. The fourth-order valence-electron chi connectivity index (χ4n) is 4.90. The second-order valence-electron chi connectivity index (χ2n) is 11.6. The van der Waals surface area contributed by atoms with Gasteiger partial charge in [0, 0.05) is 12.1 Å². The Morgan fingerprint density at radius 2 is 1.36 bits per heavy atom. The number of imide groups is 2. The van der Waals surface area contributed by atoms with Crippen LogP contribution in [0, 0.1) is 0 Å². The number of carboxylic acid groups (broad SMARTS) is 2. The average Bonchev–Trinajstić information content (AvgIpc) is 3.70. The average molecular weight is 805 g/mol. The van der Waals surface area contributed by atoms with Crippen molar-refractivity contribution in [2.24, 2.45) is 0 Å². The third kappa shape index (κ3) is 15.6. The number of halogens is 3. The Bertz CT molecular complexity index is 1630. The van der Waals surface area contributed by atoms with Gasteiger partial charge in [0.25, 0.3) is 11.8 Å². The van der Waals surface area contributed by atoms with E-state index in [2.05, 4.69) is 20.9 Å². The molecule has 4 rings (SSSR count). The van der Waals surface area contributed by atoms with Gasteiger partial charge in [-0.3, -0.25) is 34.2 Å². The van der Waals surface area contributed by atoms with Gasteiger partial charge in [-0.1, -0.05) is 11.3 Å². The van der Waals surface area contributed by atoms with Crippen LogP contribution in [-0.4, -0.2) is 157 Å². The molecule has 2 aromatic rings. The molecule has 1 unspecified atom stereocenters. The third-order valence-corrected chi connectivity index (χ3v) is 7.54. The molecule has 2 aliphatic rings. The van der Waals surface area contributed by atoms with Crippen molar-refractivity contribution in [2.75, 3.05) is 84.6 Å². The molecule has 4 amide bonds. The van der Waals surface area contributed by atoms with E-state index in [1.807, 2.05) is 0 Å². The number of ether oxygens (including phenoxy) is 6. The van der Waals surface area contributed by atoms with Crippen molar-refractivity contribution in [3.8, 4) is 0 Å². The molecule has 0 radical (unpaired) electrons. The van der Waals surface area contributed by atoms with E-state index in [4.69, 9.17) is 43.4 Å². The van der Waals surface area contributed by atoms with Crippen molar-refractivity contribution >= 4 is 41.3 Å². The molecule has 1 atom stereocenters. The molecule has 1 saturated heterocycles. The lowest BCUT2D eigenvalue weighted by molar-refractivity contribution is -0.192. The standard InChI is InChI=1S/C31H42N6O12.C2HF3O2/c38-26-5-4-25(29(41)33-26)37-30(42)23-2-1-3-24(28(23)31(37)43)32-20-22-21-36(35-34-22)7-9-45-11-13-47-15-17-49-19-18-48-16-14-46-12-10-44-8-6-27(39)40;3-2(4,5)1(6)7/h1-3,21,25,32H,4-20H2,(H,39,40)(H,33,38,41);(H,6,7). The molecule has 4 N–H and O–H groups in total. The Morgan fingerprint density at radius 1 is 0.821 bits per heavy atom. The summed E-state index contributed by atoms with van der Waals surface area (Å²) in [6.45, 7) is 5.37. The molecular weight excluding hydrogens is 761 g/mol. The second-order valence-corrected chi connectivity index (χ2v) is 11.6. The van der Waals surface area contributed by atoms with Gasteiger partial charge in [-0.15, -0.1) is 5.10 Å². The van der Waals surface area contributed by atoms with Gasteiger partial charge >= 0.3 is 18.1 Å². The summed E-state index contributed by atoms with van der Waals surface area (Å²) >= 11 is 0. The van der Waals surface area contributed by atoms with Crippen molar-refractivity contribution in [3.05, 3.63) is 41.2 Å². The first-order valence-corrected chi connectivity index (χ1v) is 17.3. The van der Waals surface area contributed by atoms with Crippen LogP contribution in [0.1, 0.15) is 45.7 Å². The number of rotatable bonds is 25. The fraction of sp³-hybridized carbons (Fsp3) is 0.576. The van der Waals surface area contributed by atoms with Gasteiger partial charge in [-0.25, -0.2) is 9.48 Å². The van der Waals surface area contributed by atoms with Crippen molar-refractivity contribution in [1.82, 2.24) is 25.2 Å². The van der Waals surface area contributed by atoms with Gasteiger partial charge in [0.2, 0.25) is 11.8 Å². The molecule has 56 heavy (non-hydrogen) atoms. The first kappa shape index (κ1) is 45.3. The maximum absolute atomic E-state index is 13.2. The van der Waals surface area contributed by atoms with Gasteiger partial charge in [-0.2, -0.15) is 13.2 Å². The normalized spacial score (nSPS) is 15.3. The number of carboxylic acids is 2. The van der Waals surface area contributed by atoms with E-state index in [0.29, 0.717) is 90.6 Å². The summed E-state index contributed by atoms with van der Waals surface area (Å²) in [5, 5.41) is 29.2. The summed E-state index contributed by atoms with van der Waals surface area (Å²) in [7, 11) is 0. The van der Waals surface area contributed by atoms with Crippen LogP contribution in [0.3, 0.4) is 0 Å². The minimum Gasteiger partial charge on any atom is -0.481 e. The van der Waals surface area contributed by atoms with Crippen LogP contribution in [0.5, 0.6) is 0 Å². The number of anilines is 1. The second kappa shape index (κ2) is 23.8. The van der Waals surface area contributed by atoms with Crippen molar-refractivity contribution < 1.29 is 80.6 Å². The number of benzene rings is 1. The largest absolute Gasteiger partial charge is 0.490 e. The van der Waals surface area contributed by atoms with E-state index in [1.54, 1.807) is 23.0 Å². The monoisotopic (exact) mass is 804 g/mol. The molecule has 310 valence electrons. The Hall–Kier alpha value is -5.07. The SMILES string of the molecule is O=C(O)C(F)(F)F.O=C(O)CCOCCOCCOCCOCCOCCOCCn1cc(CNc2cccc3c2C(=O)N(C2CCC(=O)NC2=O)C3=O)nn1. The molecule has 3 heterocycles. The number of carbonyl (C=O) groups excluding carboxylic acids is 4. The van der Waals surface area contributed by atoms with Crippen LogP contribution in [-0.2, 0) is 60.7 Å². The van der Waals surface area contributed by atoms with Crippen LogP contribution in [0.2, 0.25) is 0 Å². The van der Waals surface area contributed by atoms with Crippen LogP contribution >= 0.6 is 0 Å². The molecule has 23 heteroatoms. The molecule has 2 aliphatic heterocycles. The number of nitrogens with zero attached hydrogens (tertiary/aromatic N) is 4. The Balaban J connectivity index is 0.00000109. The summed E-state index contributed by atoms with van der Waals surface area (Å²) in [5.74, 6) is -5.89. The number of aliphatic carboxylic acids is 2. The van der Waals surface area contributed by atoms with Crippen LogP contribution < -0.4 is 10.6 Å². The molecule has 20 nitrogen and oxygen atoms in total. The number of piperidine rings is 1. The molecular formula is C33H43F3N6O14. The van der Waals surface area contributed by atoms with Crippen molar-refractivity contribution in [3.63, 3.8) is 0 Å². The predicted octanol–water partition coefficient (Wildman–Crippen LogP) is 0.499. The smallest absolute Gasteiger partial charge is 0.481 e. The number of hydrogen-bond donors (Lipinski definition) is 4. The van der Waals surface area contributed by atoms with E-state index >= 15 is 0 Å². The number of aromatic nitrogens is 3. The molecule has 0 saturated carbocycles. The molecule has 1 aromatic heterocycles. The van der Waals surface area contributed by atoms with E-state index in [0.717, 1.165) is 4.90 Å². The Labute approximate surface area is 317 Å². The molecule has 0 aliphatic carbocycles. The van der Waals surface area contributed by atoms with Gasteiger partial charge in [0.1, 0.15) is 11.7 Å². The number of alkyl halides is 3. The highest BCUT2D eigenvalue weighted by Gasteiger charge is 2.45. The Kier molecular flexibility index (Phi) is 19.2. The zero-order chi connectivity index (χ0) is 40.9. The lowest BCUT2D eigenvalue weighted by Crippen LogP contribution is -2.54. The fourth-order valence-corrected chi connectivity index (χ4v) is 4.90. The van der Waals surface area contributed by atoms with Gasteiger partial charge in [0.15, 0.2) is 0 Å². The summed E-state index contributed by atoms with van der Waals surface area (Å²) in [6.07, 6.45) is -3.22. The topological polar surface area (TPSA) is 256 Å². The van der Waals surface area contributed by atoms with Crippen molar-refractivity contribution in [2.45, 2.75) is 44.6 Å². The number of hydrogen-bond acceptors (Lipinski definition) is 15.